The first-order valence-corrected chi connectivity index (χ1v) is 6.09. The highest BCUT2D eigenvalue weighted by Crippen LogP contribution is 2.16. The van der Waals surface area contributed by atoms with E-state index in [1.54, 1.807) is 6.20 Å². The number of aliphatic hydroxyl groups excluding tert-OH is 1. The molecule has 1 atom stereocenters. The molecule has 4 heteroatoms. The maximum absolute atomic E-state index is 9.17. The summed E-state index contributed by atoms with van der Waals surface area (Å²) in [5.74, 6) is 1.43. The fourth-order valence-electron chi connectivity index (χ4n) is 1.65. The van der Waals surface area contributed by atoms with Gasteiger partial charge in [-0.1, -0.05) is 37.3 Å². The van der Waals surface area contributed by atoms with E-state index >= 15 is 0 Å². The zero-order valence-electron chi connectivity index (χ0n) is 10.4. The summed E-state index contributed by atoms with van der Waals surface area (Å²) in [5, 5.41) is 12.4. The van der Waals surface area contributed by atoms with Crippen LogP contribution in [0.5, 0.6) is 0 Å². The zero-order chi connectivity index (χ0) is 12.8. The molecule has 2 rings (SSSR count). The summed E-state index contributed by atoms with van der Waals surface area (Å²) in [6, 6.07) is 11.7. The quantitative estimate of drug-likeness (QED) is 0.846. The lowest BCUT2D eigenvalue weighted by Crippen LogP contribution is -2.23. The first-order valence-electron chi connectivity index (χ1n) is 6.09. The Bertz CT molecular complexity index is 483. The molecule has 0 fully saturated rings. The van der Waals surface area contributed by atoms with Gasteiger partial charge >= 0.3 is 0 Å². The Morgan fingerprint density at radius 2 is 2.00 bits per heavy atom. The van der Waals surface area contributed by atoms with Crippen LogP contribution in [0.2, 0.25) is 0 Å². The van der Waals surface area contributed by atoms with Crippen molar-refractivity contribution in [2.75, 3.05) is 11.9 Å². The number of hydrogen-bond donors (Lipinski definition) is 2. The zero-order valence-corrected chi connectivity index (χ0v) is 10.4. The first kappa shape index (κ1) is 12.5. The SMILES string of the molecule is CCC(CO)Nc1ccnc(-c2ccccc2)n1. The minimum atomic E-state index is 0.0310. The van der Waals surface area contributed by atoms with Crippen LogP contribution in [0.15, 0.2) is 42.6 Å². The molecule has 0 aliphatic carbocycles. The van der Waals surface area contributed by atoms with E-state index < -0.39 is 0 Å². The van der Waals surface area contributed by atoms with Crippen LogP contribution in [0, 0.1) is 0 Å². The highest BCUT2D eigenvalue weighted by molar-refractivity contribution is 5.56. The molecule has 2 aromatic rings. The molecule has 1 heterocycles. The number of aromatic nitrogens is 2. The maximum Gasteiger partial charge on any atom is 0.161 e. The van der Waals surface area contributed by atoms with E-state index in [1.165, 1.54) is 0 Å². The second kappa shape index (κ2) is 6.12. The molecule has 2 N–H and O–H groups in total. The average Bonchev–Trinajstić information content (AvgIpc) is 2.46. The van der Waals surface area contributed by atoms with Crippen molar-refractivity contribution in [1.82, 2.24) is 9.97 Å². The number of aliphatic hydroxyl groups is 1. The van der Waals surface area contributed by atoms with Gasteiger partial charge in [-0.2, -0.15) is 0 Å². The van der Waals surface area contributed by atoms with E-state index in [-0.39, 0.29) is 12.6 Å². The largest absolute Gasteiger partial charge is 0.394 e. The van der Waals surface area contributed by atoms with E-state index in [0.29, 0.717) is 5.82 Å². The Morgan fingerprint density at radius 1 is 1.22 bits per heavy atom. The Balaban J connectivity index is 2.20. The number of nitrogens with zero attached hydrogens (tertiary/aromatic N) is 2. The molecular formula is C14H17N3O. The molecule has 4 nitrogen and oxygen atoms in total. The third-order valence-electron chi connectivity index (χ3n) is 2.75. The van der Waals surface area contributed by atoms with Gasteiger partial charge in [-0.15, -0.1) is 0 Å². The number of nitrogens with one attached hydrogen (secondary N) is 1. The van der Waals surface area contributed by atoms with E-state index in [4.69, 9.17) is 5.11 Å². The average molecular weight is 243 g/mol. The third kappa shape index (κ3) is 3.05. The normalized spacial score (nSPS) is 12.1. The maximum atomic E-state index is 9.17. The van der Waals surface area contributed by atoms with Crippen LogP contribution < -0.4 is 5.32 Å². The molecule has 0 spiro atoms. The summed E-state index contributed by atoms with van der Waals surface area (Å²) in [6.45, 7) is 2.12. The van der Waals surface area contributed by atoms with E-state index in [9.17, 15) is 0 Å². The van der Waals surface area contributed by atoms with Crippen molar-refractivity contribution >= 4 is 5.82 Å². The molecule has 1 aromatic carbocycles. The molecule has 0 saturated carbocycles. The molecular weight excluding hydrogens is 226 g/mol. The number of anilines is 1. The Labute approximate surface area is 107 Å². The standard InChI is InChI=1S/C14H17N3O/c1-2-12(10-18)16-13-8-9-15-14(17-13)11-6-4-3-5-7-11/h3-9,12,18H,2,10H2,1H3,(H,15,16,17). The first-order chi connectivity index (χ1) is 8.83. The van der Waals surface area contributed by atoms with Gasteiger partial charge in [-0.05, 0) is 12.5 Å². The van der Waals surface area contributed by atoms with Crippen molar-refractivity contribution < 1.29 is 5.11 Å². The predicted molar refractivity (Wildman–Crippen MR) is 72.3 cm³/mol. The minimum absolute atomic E-state index is 0.0310. The van der Waals surface area contributed by atoms with Crippen molar-refractivity contribution in [1.29, 1.82) is 0 Å². The number of rotatable bonds is 5. The van der Waals surface area contributed by atoms with Crippen molar-refractivity contribution in [3.63, 3.8) is 0 Å². The molecule has 18 heavy (non-hydrogen) atoms. The van der Waals surface area contributed by atoms with Gasteiger partial charge in [0.2, 0.25) is 0 Å². The minimum Gasteiger partial charge on any atom is -0.394 e. The van der Waals surface area contributed by atoms with E-state index in [0.717, 1.165) is 17.8 Å². The fraction of sp³-hybridized carbons (Fsp3) is 0.286. The summed E-state index contributed by atoms with van der Waals surface area (Å²) in [7, 11) is 0. The second-order valence-electron chi connectivity index (χ2n) is 4.06. The summed E-state index contributed by atoms with van der Waals surface area (Å²) in [4.78, 5) is 8.70. The van der Waals surface area contributed by atoms with Gasteiger partial charge in [-0.25, -0.2) is 9.97 Å². The lowest BCUT2D eigenvalue weighted by atomic mass is 10.2. The van der Waals surface area contributed by atoms with Gasteiger partial charge in [0, 0.05) is 11.8 Å². The molecule has 1 unspecified atom stereocenters. The molecule has 0 amide bonds. The number of benzene rings is 1. The van der Waals surface area contributed by atoms with E-state index in [2.05, 4.69) is 15.3 Å². The van der Waals surface area contributed by atoms with Crippen LogP contribution in [0.3, 0.4) is 0 Å². The highest BCUT2D eigenvalue weighted by atomic mass is 16.3. The summed E-state index contributed by atoms with van der Waals surface area (Å²) < 4.78 is 0. The molecule has 0 aliphatic heterocycles. The molecule has 0 radical (unpaired) electrons. The molecule has 0 bridgehead atoms. The molecule has 1 aromatic heterocycles. The van der Waals surface area contributed by atoms with Crippen molar-refractivity contribution in [3.8, 4) is 11.4 Å². The lowest BCUT2D eigenvalue weighted by molar-refractivity contribution is 0.271. The fourth-order valence-corrected chi connectivity index (χ4v) is 1.65. The van der Waals surface area contributed by atoms with Crippen molar-refractivity contribution in [3.05, 3.63) is 42.6 Å². The van der Waals surface area contributed by atoms with Gasteiger partial charge in [0.15, 0.2) is 5.82 Å². The smallest absolute Gasteiger partial charge is 0.161 e. The topological polar surface area (TPSA) is 58.0 Å². The van der Waals surface area contributed by atoms with Crippen LogP contribution in [0.1, 0.15) is 13.3 Å². The van der Waals surface area contributed by atoms with E-state index in [1.807, 2.05) is 43.3 Å². The Hall–Kier alpha value is -1.94. The summed E-state index contributed by atoms with van der Waals surface area (Å²) >= 11 is 0. The molecule has 94 valence electrons. The van der Waals surface area contributed by atoms with Gasteiger partial charge in [0.25, 0.3) is 0 Å². The molecule has 0 aliphatic rings. The van der Waals surface area contributed by atoms with Gasteiger partial charge in [0.05, 0.1) is 12.6 Å². The van der Waals surface area contributed by atoms with Crippen molar-refractivity contribution in [2.24, 2.45) is 0 Å². The van der Waals surface area contributed by atoms with Crippen LogP contribution in [0.4, 0.5) is 5.82 Å². The summed E-state index contributed by atoms with van der Waals surface area (Å²) in [5.41, 5.74) is 0.984. The highest BCUT2D eigenvalue weighted by Gasteiger charge is 2.06. The number of hydrogen-bond acceptors (Lipinski definition) is 4. The van der Waals surface area contributed by atoms with Crippen LogP contribution in [-0.2, 0) is 0 Å². The van der Waals surface area contributed by atoms with Gasteiger partial charge in [0.1, 0.15) is 5.82 Å². The molecule has 0 saturated heterocycles. The van der Waals surface area contributed by atoms with Crippen LogP contribution in [0.25, 0.3) is 11.4 Å². The van der Waals surface area contributed by atoms with Crippen molar-refractivity contribution in [2.45, 2.75) is 19.4 Å². The van der Waals surface area contributed by atoms with Gasteiger partial charge in [-0.3, -0.25) is 0 Å². The third-order valence-corrected chi connectivity index (χ3v) is 2.75. The van der Waals surface area contributed by atoms with Crippen LogP contribution in [-0.4, -0.2) is 27.7 Å². The monoisotopic (exact) mass is 243 g/mol. The van der Waals surface area contributed by atoms with Crippen LogP contribution >= 0.6 is 0 Å². The Morgan fingerprint density at radius 3 is 2.67 bits per heavy atom. The predicted octanol–water partition coefficient (Wildman–Crippen LogP) is 2.33. The Kier molecular flexibility index (Phi) is 4.25. The van der Waals surface area contributed by atoms with Gasteiger partial charge < -0.3 is 10.4 Å². The lowest BCUT2D eigenvalue weighted by Gasteiger charge is -2.14. The second-order valence-corrected chi connectivity index (χ2v) is 4.06. The summed E-state index contributed by atoms with van der Waals surface area (Å²) in [6.07, 6.45) is 2.57.